The number of nitrogens with zero attached hydrogens (tertiary/aromatic N) is 2. The average molecular weight is 605 g/mol. The lowest BCUT2D eigenvalue weighted by Crippen LogP contribution is -2.47. The predicted octanol–water partition coefficient (Wildman–Crippen LogP) is 6.93. The fourth-order valence-corrected chi connectivity index (χ4v) is 5.73. The van der Waals surface area contributed by atoms with Gasteiger partial charge in [0.2, 0.25) is 5.91 Å². The van der Waals surface area contributed by atoms with Gasteiger partial charge in [-0.1, -0.05) is 31.4 Å². The first-order chi connectivity index (χ1) is 20.1. The number of benzene rings is 2. The number of carboxylic acids is 1. The molecule has 2 aliphatic rings. The maximum absolute atomic E-state index is 13.9. The van der Waals surface area contributed by atoms with Crippen molar-refractivity contribution in [3.8, 4) is 5.75 Å². The van der Waals surface area contributed by atoms with Crippen molar-refractivity contribution in [2.75, 3.05) is 18.5 Å². The van der Waals surface area contributed by atoms with Gasteiger partial charge in [-0.05, 0) is 86.9 Å². The van der Waals surface area contributed by atoms with Gasteiger partial charge in [-0.2, -0.15) is 13.2 Å². The Bertz CT molecular complexity index is 1350. The highest BCUT2D eigenvalue weighted by molar-refractivity contribution is 5.98. The van der Waals surface area contributed by atoms with Crippen LogP contribution in [0.2, 0.25) is 0 Å². The van der Waals surface area contributed by atoms with Crippen molar-refractivity contribution in [2.24, 2.45) is 0 Å². The van der Waals surface area contributed by atoms with Crippen molar-refractivity contribution in [3.63, 3.8) is 0 Å². The van der Waals surface area contributed by atoms with Gasteiger partial charge in [0.25, 0.3) is 0 Å². The van der Waals surface area contributed by atoms with Crippen molar-refractivity contribution < 1.29 is 42.1 Å². The fraction of sp³-hybridized carbons (Fsp3) is 0.531. The molecule has 2 amide bonds. The van der Waals surface area contributed by atoms with E-state index in [0.717, 1.165) is 42.6 Å². The van der Waals surface area contributed by atoms with Crippen molar-refractivity contribution in [3.05, 3.63) is 58.7 Å². The van der Waals surface area contributed by atoms with E-state index in [9.17, 15) is 32.7 Å². The summed E-state index contributed by atoms with van der Waals surface area (Å²) in [5.74, 6) is -1.42. The second kappa shape index (κ2) is 12.9. The van der Waals surface area contributed by atoms with Crippen molar-refractivity contribution >= 4 is 23.7 Å². The van der Waals surface area contributed by atoms with Crippen LogP contribution in [0.3, 0.4) is 0 Å². The molecule has 0 saturated heterocycles. The van der Waals surface area contributed by atoms with Gasteiger partial charge in [-0.15, -0.1) is 0 Å². The van der Waals surface area contributed by atoms with Crippen LogP contribution >= 0.6 is 0 Å². The number of fused-ring (bicyclic) bond motifs is 1. The molecule has 1 aliphatic carbocycles. The Labute approximate surface area is 249 Å². The number of hydrogen-bond donors (Lipinski definition) is 1. The Morgan fingerprint density at radius 3 is 2.37 bits per heavy atom. The highest BCUT2D eigenvalue weighted by Gasteiger charge is 2.37. The van der Waals surface area contributed by atoms with E-state index in [-0.39, 0.29) is 12.5 Å². The van der Waals surface area contributed by atoms with Gasteiger partial charge in [-0.3, -0.25) is 9.69 Å². The number of anilines is 1. The minimum atomic E-state index is -4.45. The highest BCUT2D eigenvalue weighted by atomic mass is 19.4. The minimum Gasteiger partial charge on any atom is -0.489 e. The number of rotatable bonds is 8. The zero-order chi connectivity index (χ0) is 31.5. The molecule has 4 rings (SSSR count). The summed E-state index contributed by atoms with van der Waals surface area (Å²) < 4.78 is 52.9. The summed E-state index contributed by atoms with van der Waals surface area (Å²) in [6.07, 6.45) is -0.765. The van der Waals surface area contributed by atoms with E-state index in [4.69, 9.17) is 9.47 Å². The van der Waals surface area contributed by atoms with Gasteiger partial charge < -0.3 is 19.5 Å². The van der Waals surface area contributed by atoms with Crippen LogP contribution in [-0.4, -0.2) is 53.2 Å². The molecule has 2 aromatic carbocycles. The molecule has 1 atom stereocenters. The third kappa shape index (κ3) is 8.00. The third-order valence-corrected chi connectivity index (χ3v) is 7.92. The van der Waals surface area contributed by atoms with Crippen LogP contribution in [-0.2, 0) is 33.5 Å². The molecular weight excluding hydrogens is 565 g/mol. The van der Waals surface area contributed by atoms with Crippen molar-refractivity contribution in [1.82, 2.24) is 4.90 Å². The fourth-order valence-electron chi connectivity index (χ4n) is 5.73. The molecule has 1 fully saturated rings. The van der Waals surface area contributed by atoms with Gasteiger partial charge in [0.1, 0.15) is 24.0 Å². The molecule has 1 saturated carbocycles. The number of alkyl halides is 3. The Kier molecular flexibility index (Phi) is 9.61. The second-order valence-corrected chi connectivity index (χ2v) is 12.3. The molecule has 1 N–H and O–H groups in total. The molecule has 0 unspecified atom stereocenters. The summed E-state index contributed by atoms with van der Waals surface area (Å²) in [4.78, 5) is 39.9. The zero-order valence-corrected chi connectivity index (χ0v) is 25.0. The Morgan fingerprint density at radius 2 is 1.74 bits per heavy atom. The average Bonchev–Trinajstić information content (AvgIpc) is 3.36. The monoisotopic (exact) mass is 604 g/mol. The number of halogens is 3. The maximum atomic E-state index is 13.9. The number of likely N-dealkylation sites (N-methyl/N-ethyl adjacent to an activating group) is 1. The summed E-state index contributed by atoms with van der Waals surface area (Å²) in [7, 11) is 1.28. The Balaban J connectivity index is 1.42. The molecule has 1 aliphatic heterocycles. The van der Waals surface area contributed by atoms with E-state index in [0.29, 0.717) is 35.5 Å². The number of ether oxygens (including phenoxy) is 2. The molecule has 0 bridgehead atoms. The lowest BCUT2D eigenvalue weighted by Gasteiger charge is -2.29. The van der Waals surface area contributed by atoms with Crippen molar-refractivity contribution in [2.45, 2.75) is 96.1 Å². The smallest absolute Gasteiger partial charge is 0.416 e. The standard InChI is InChI=1S/C32H39F3N2O6/c1-31(2,3)43-30(41)36(4)27(29(39)40)18-28(38)37-15-14-22-17-23(11-13-26(22)37)42-19-20-10-12-24(21-8-6-5-7-9-21)25(16-20)32(33,34)35/h10-13,16-17,21,27H,5-9,14-15,18-19H2,1-4H3,(H,39,40)/t27-/m1/s1. The summed E-state index contributed by atoms with van der Waals surface area (Å²) in [6, 6.07) is 8.10. The van der Waals surface area contributed by atoms with E-state index in [1.165, 1.54) is 18.0 Å². The van der Waals surface area contributed by atoms with E-state index < -0.39 is 47.8 Å². The number of carboxylic acid groups (broad SMARTS) is 1. The first-order valence-electron chi connectivity index (χ1n) is 14.6. The van der Waals surface area contributed by atoms with Crippen LogP contribution in [0.4, 0.5) is 23.7 Å². The second-order valence-electron chi connectivity index (χ2n) is 12.3. The lowest BCUT2D eigenvalue weighted by atomic mass is 9.81. The molecule has 2 aromatic rings. The number of amides is 2. The predicted molar refractivity (Wildman–Crippen MR) is 154 cm³/mol. The molecule has 8 nitrogen and oxygen atoms in total. The summed E-state index contributed by atoms with van der Waals surface area (Å²) >= 11 is 0. The normalized spacial score (nSPS) is 16.4. The molecule has 0 radical (unpaired) electrons. The molecule has 0 spiro atoms. The van der Waals surface area contributed by atoms with Crippen LogP contribution in [0, 0.1) is 0 Å². The number of aliphatic carboxylic acids is 1. The molecule has 43 heavy (non-hydrogen) atoms. The first kappa shape index (κ1) is 32.2. The topological polar surface area (TPSA) is 96.4 Å². The SMILES string of the molecule is CN(C(=O)OC(C)(C)C)[C@H](CC(=O)N1CCc2cc(OCc3ccc(C4CCCCC4)c(C(F)(F)F)c3)ccc21)C(=O)O. The Hall–Kier alpha value is -3.76. The van der Waals surface area contributed by atoms with Gasteiger partial charge in [-0.25, -0.2) is 9.59 Å². The summed E-state index contributed by atoms with van der Waals surface area (Å²) in [5.41, 5.74) is 0.740. The summed E-state index contributed by atoms with van der Waals surface area (Å²) in [6.45, 7) is 5.25. The highest BCUT2D eigenvalue weighted by Crippen LogP contribution is 2.41. The van der Waals surface area contributed by atoms with Crippen LogP contribution in [0.25, 0.3) is 0 Å². The van der Waals surface area contributed by atoms with Crippen LogP contribution in [0.15, 0.2) is 36.4 Å². The van der Waals surface area contributed by atoms with Gasteiger partial charge in [0.05, 0.1) is 12.0 Å². The van der Waals surface area contributed by atoms with Gasteiger partial charge in [0.15, 0.2) is 0 Å². The molecule has 1 heterocycles. The largest absolute Gasteiger partial charge is 0.489 e. The van der Waals surface area contributed by atoms with Crippen LogP contribution in [0.5, 0.6) is 5.75 Å². The Morgan fingerprint density at radius 1 is 1.05 bits per heavy atom. The van der Waals surface area contributed by atoms with E-state index in [1.54, 1.807) is 51.1 Å². The van der Waals surface area contributed by atoms with Crippen molar-refractivity contribution in [1.29, 1.82) is 0 Å². The van der Waals surface area contributed by atoms with E-state index >= 15 is 0 Å². The number of hydrogen-bond acceptors (Lipinski definition) is 5. The van der Waals surface area contributed by atoms with E-state index in [2.05, 4.69) is 0 Å². The van der Waals surface area contributed by atoms with Gasteiger partial charge in [0, 0.05) is 19.3 Å². The zero-order valence-electron chi connectivity index (χ0n) is 25.0. The quantitative estimate of drug-likeness (QED) is 0.351. The van der Waals surface area contributed by atoms with Crippen LogP contribution in [0.1, 0.15) is 87.5 Å². The lowest BCUT2D eigenvalue weighted by molar-refractivity contribution is -0.144. The number of carbonyl (C=O) groups excluding carboxylic acids is 2. The number of carbonyl (C=O) groups is 3. The molecule has 0 aromatic heterocycles. The molecular formula is C32H39F3N2O6. The first-order valence-corrected chi connectivity index (χ1v) is 14.6. The molecule has 234 valence electrons. The van der Waals surface area contributed by atoms with Crippen LogP contribution < -0.4 is 9.64 Å². The maximum Gasteiger partial charge on any atom is 0.416 e. The third-order valence-electron chi connectivity index (χ3n) is 7.92. The minimum absolute atomic E-state index is 0.0489. The summed E-state index contributed by atoms with van der Waals surface area (Å²) in [5, 5.41) is 9.71. The van der Waals surface area contributed by atoms with E-state index in [1.807, 2.05) is 0 Å². The van der Waals surface area contributed by atoms with Gasteiger partial charge >= 0.3 is 18.2 Å². The molecule has 11 heteroatoms.